The largest absolute Gasteiger partial charge is 0.463 e. The topological polar surface area (TPSA) is 35.5 Å². The third kappa shape index (κ3) is 2.65. The Morgan fingerprint density at radius 2 is 1.15 bits per heavy atom. The lowest BCUT2D eigenvalue weighted by atomic mass is 9.66. The van der Waals surface area contributed by atoms with Crippen molar-refractivity contribution in [1.29, 1.82) is 0 Å². The van der Waals surface area contributed by atoms with Crippen LogP contribution in [0.25, 0.3) is 5.57 Å². The summed E-state index contributed by atoms with van der Waals surface area (Å²) in [6.45, 7) is 2.13. The molecule has 0 unspecified atom stereocenters. The van der Waals surface area contributed by atoms with Gasteiger partial charge < -0.3 is 9.47 Å². The summed E-state index contributed by atoms with van der Waals surface area (Å²) in [6, 6.07) is 38.5. The van der Waals surface area contributed by atoms with Crippen molar-refractivity contribution in [3.05, 3.63) is 149 Å². The molecule has 6 rings (SSSR count). The van der Waals surface area contributed by atoms with Crippen molar-refractivity contribution >= 4 is 11.5 Å². The molecule has 0 aliphatic carbocycles. The fraction of sp³-hybridized carbons (Fsp3) is 0.129. The number of benzene rings is 4. The monoisotopic (exact) mass is 444 g/mol. The number of hydrogen-bond acceptors (Lipinski definition) is 3. The van der Waals surface area contributed by atoms with E-state index in [0.717, 1.165) is 33.4 Å². The highest BCUT2D eigenvalue weighted by Crippen LogP contribution is 2.68. The molecule has 166 valence electrons. The van der Waals surface area contributed by atoms with Crippen LogP contribution in [0.3, 0.4) is 0 Å². The van der Waals surface area contributed by atoms with Crippen molar-refractivity contribution in [3.8, 4) is 0 Å². The summed E-state index contributed by atoms with van der Waals surface area (Å²) in [4.78, 5) is 13.8. The minimum Gasteiger partial charge on any atom is -0.463 e. The van der Waals surface area contributed by atoms with Gasteiger partial charge in [0.1, 0.15) is 5.60 Å². The number of esters is 1. The third-order valence-electron chi connectivity index (χ3n) is 6.85. The number of carbonyl (C=O) groups excluding carboxylic acids is 1. The van der Waals surface area contributed by atoms with E-state index in [4.69, 9.17) is 9.47 Å². The Kier molecular flexibility index (Phi) is 4.75. The first kappa shape index (κ1) is 20.6. The van der Waals surface area contributed by atoms with Gasteiger partial charge in [-0.2, -0.15) is 0 Å². The van der Waals surface area contributed by atoms with Crippen molar-refractivity contribution in [1.82, 2.24) is 0 Å². The predicted molar refractivity (Wildman–Crippen MR) is 132 cm³/mol. The number of fused-ring (bicyclic) bond motifs is 5. The second-order valence-electron chi connectivity index (χ2n) is 8.58. The SMILES string of the molecule is CCOC(=O)C1=C(c2ccccc2)[C@@]2(c3ccccc3)O[C@@]1(c1ccccc1)c1ccccc12. The molecule has 0 fully saturated rings. The predicted octanol–water partition coefficient (Wildman–Crippen LogP) is 6.23. The maximum absolute atomic E-state index is 13.8. The molecule has 0 spiro atoms. The van der Waals surface area contributed by atoms with E-state index in [1.165, 1.54) is 0 Å². The zero-order chi connectivity index (χ0) is 23.2. The van der Waals surface area contributed by atoms with Crippen LogP contribution in [-0.4, -0.2) is 12.6 Å². The molecule has 3 heteroatoms. The highest BCUT2D eigenvalue weighted by Gasteiger charge is 2.67. The van der Waals surface area contributed by atoms with Crippen LogP contribution in [0.1, 0.15) is 34.7 Å². The molecule has 4 aromatic carbocycles. The Hall–Kier alpha value is -3.95. The van der Waals surface area contributed by atoms with Crippen molar-refractivity contribution in [3.63, 3.8) is 0 Å². The van der Waals surface area contributed by atoms with Gasteiger partial charge in [0.05, 0.1) is 12.2 Å². The molecule has 34 heavy (non-hydrogen) atoms. The van der Waals surface area contributed by atoms with E-state index in [-0.39, 0.29) is 12.6 Å². The first-order chi connectivity index (χ1) is 16.7. The summed E-state index contributed by atoms with van der Waals surface area (Å²) < 4.78 is 13.0. The molecular formula is C31H24O3. The molecular weight excluding hydrogens is 420 g/mol. The smallest absolute Gasteiger partial charge is 0.338 e. The van der Waals surface area contributed by atoms with Crippen molar-refractivity contribution in [2.24, 2.45) is 0 Å². The first-order valence-corrected chi connectivity index (χ1v) is 11.6. The minimum atomic E-state index is -1.08. The van der Waals surface area contributed by atoms with Gasteiger partial charge in [0, 0.05) is 5.57 Å². The van der Waals surface area contributed by atoms with Crippen LogP contribution in [0.5, 0.6) is 0 Å². The Balaban J connectivity index is 1.80. The number of hydrogen-bond donors (Lipinski definition) is 0. The van der Waals surface area contributed by atoms with Gasteiger partial charge in [0.2, 0.25) is 0 Å². The Bertz CT molecular complexity index is 1390. The fourth-order valence-corrected chi connectivity index (χ4v) is 5.62. The van der Waals surface area contributed by atoms with Gasteiger partial charge in [-0.25, -0.2) is 4.79 Å². The molecule has 2 aliphatic rings. The second-order valence-corrected chi connectivity index (χ2v) is 8.58. The van der Waals surface area contributed by atoms with Gasteiger partial charge in [-0.3, -0.25) is 0 Å². The Morgan fingerprint density at radius 1 is 0.676 bits per heavy atom. The first-order valence-electron chi connectivity index (χ1n) is 11.6. The molecule has 3 nitrogen and oxygen atoms in total. The Morgan fingerprint density at radius 3 is 1.71 bits per heavy atom. The molecule has 4 aromatic rings. The molecule has 0 N–H and O–H groups in total. The zero-order valence-electron chi connectivity index (χ0n) is 18.9. The van der Waals surface area contributed by atoms with E-state index < -0.39 is 11.2 Å². The van der Waals surface area contributed by atoms with Gasteiger partial charge in [-0.05, 0) is 34.7 Å². The summed E-state index contributed by atoms with van der Waals surface area (Å²) in [5.74, 6) is -0.350. The molecule has 0 saturated heterocycles. The van der Waals surface area contributed by atoms with Crippen molar-refractivity contribution < 1.29 is 14.3 Å². The van der Waals surface area contributed by atoms with Crippen LogP contribution < -0.4 is 0 Å². The molecule has 2 heterocycles. The van der Waals surface area contributed by atoms with Crippen LogP contribution in [0, 0.1) is 0 Å². The van der Waals surface area contributed by atoms with Crippen molar-refractivity contribution in [2.75, 3.05) is 6.61 Å². The Labute approximate surface area is 199 Å². The lowest BCUT2D eigenvalue weighted by molar-refractivity contribution is -0.141. The quantitative estimate of drug-likeness (QED) is 0.342. The van der Waals surface area contributed by atoms with Crippen LogP contribution in [0.4, 0.5) is 0 Å². The lowest BCUT2D eigenvalue weighted by Gasteiger charge is -2.32. The van der Waals surface area contributed by atoms with E-state index in [0.29, 0.717) is 5.57 Å². The maximum atomic E-state index is 13.8. The maximum Gasteiger partial charge on any atom is 0.338 e. The molecule has 0 saturated carbocycles. The summed E-state index contributed by atoms with van der Waals surface area (Å²) in [5, 5.41) is 0. The average molecular weight is 445 g/mol. The van der Waals surface area contributed by atoms with Crippen LogP contribution >= 0.6 is 0 Å². The molecule has 2 bridgehead atoms. The van der Waals surface area contributed by atoms with Crippen LogP contribution in [0.15, 0.2) is 121 Å². The average Bonchev–Trinajstić information content (AvgIpc) is 3.40. The van der Waals surface area contributed by atoms with E-state index in [9.17, 15) is 4.79 Å². The number of ether oxygens (including phenoxy) is 2. The van der Waals surface area contributed by atoms with E-state index in [1.54, 1.807) is 0 Å². The highest BCUT2D eigenvalue weighted by atomic mass is 16.6. The summed E-state index contributed by atoms with van der Waals surface area (Å²) in [6.07, 6.45) is 0. The van der Waals surface area contributed by atoms with Crippen LogP contribution in [-0.2, 0) is 25.5 Å². The van der Waals surface area contributed by atoms with E-state index in [1.807, 2.05) is 97.9 Å². The van der Waals surface area contributed by atoms with Crippen LogP contribution in [0.2, 0.25) is 0 Å². The van der Waals surface area contributed by atoms with Gasteiger partial charge in [-0.15, -0.1) is 0 Å². The normalized spacial score (nSPS) is 22.5. The molecule has 0 amide bonds. The summed E-state index contributed by atoms with van der Waals surface area (Å²) in [5.41, 5.74) is 4.25. The highest BCUT2D eigenvalue weighted by molar-refractivity contribution is 6.07. The minimum absolute atomic E-state index is 0.287. The number of rotatable bonds is 5. The summed E-state index contributed by atoms with van der Waals surface area (Å²) >= 11 is 0. The van der Waals surface area contributed by atoms with E-state index in [2.05, 4.69) is 24.3 Å². The lowest BCUT2D eigenvalue weighted by Crippen LogP contribution is -2.33. The fourth-order valence-electron chi connectivity index (χ4n) is 5.62. The molecule has 2 aliphatic heterocycles. The number of carbonyl (C=O) groups is 1. The standard InChI is InChI=1S/C31H24O3/c1-2-33-29(32)28-27(22-14-6-3-7-15-22)30(23-16-8-4-9-17-23)25-20-12-13-21-26(25)31(28,34-30)24-18-10-5-11-19-24/h3-21H,2H2,1H3/t30-,31-/m0/s1. The third-order valence-corrected chi connectivity index (χ3v) is 6.85. The van der Waals surface area contributed by atoms with Gasteiger partial charge in [0.15, 0.2) is 5.60 Å². The molecule has 0 radical (unpaired) electrons. The van der Waals surface area contributed by atoms with Crippen molar-refractivity contribution in [2.45, 2.75) is 18.1 Å². The van der Waals surface area contributed by atoms with E-state index >= 15 is 0 Å². The van der Waals surface area contributed by atoms with Gasteiger partial charge in [0.25, 0.3) is 0 Å². The van der Waals surface area contributed by atoms with Gasteiger partial charge in [-0.1, -0.05) is 115 Å². The zero-order valence-corrected chi connectivity index (χ0v) is 18.9. The second kappa shape index (κ2) is 7.82. The van der Waals surface area contributed by atoms with Gasteiger partial charge >= 0.3 is 5.97 Å². The molecule has 0 aromatic heterocycles. The molecule has 2 atom stereocenters. The summed E-state index contributed by atoms with van der Waals surface area (Å²) in [7, 11) is 0.